The lowest BCUT2D eigenvalue weighted by Gasteiger charge is -2.39. The van der Waals surface area contributed by atoms with Crippen molar-refractivity contribution >= 4 is 0 Å². The van der Waals surface area contributed by atoms with E-state index in [0.29, 0.717) is 5.41 Å². The summed E-state index contributed by atoms with van der Waals surface area (Å²) < 4.78 is 0. The Morgan fingerprint density at radius 3 is 1.88 bits per heavy atom. The molecule has 2 unspecified atom stereocenters. The monoisotopic (exact) mass is 241 g/mol. The maximum absolute atomic E-state index is 3.69. The van der Waals surface area contributed by atoms with E-state index in [0.717, 1.165) is 18.4 Å². The number of hydrogen-bond donors (Lipinski definition) is 1. The largest absolute Gasteiger partial charge is 0.312 e. The lowest BCUT2D eigenvalue weighted by molar-refractivity contribution is 0.145. The van der Waals surface area contributed by atoms with Gasteiger partial charge >= 0.3 is 0 Å². The van der Waals surface area contributed by atoms with Crippen LogP contribution >= 0.6 is 0 Å². The van der Waals surface area contributed by atoms with Crippen LogP contribution in [0.5, 0.6) is 0 Å². The summed E-state index contributed by atoms with van der Waals surface area (Å²) in [6.07, 6.45) is 4.00. The third-order valence-electron chi connectivity index (χ3n) is 4.01. The van der Waals surface area contributed by atoms with Gasteiger partial charge in [-0.3, -0.25) is 0 Å². The highest BCUT2D eigenvalue weighted by Gasteiger charge is 2.31. The highest BCUT2D eigenvalue weighted by molar-refractivity contribution is 4.85. The third-order valence-corrected chi connectivity index (χ3v) is 4.01. The van der Waals surface area contributed by atoms with Crippen LogP contribution in [0.25, 0.3) is 0 Å². The van der Waals surface area contributed by atoms with E-state index in [1.54, 1.807) is 0 Å². The summed E-state index contributed by atoms with van der Waals surface area (Å²) in [5.41, 5.74) is 0.645. The topological polar surface area (TPSA) is 12.0 Å². The normalized spacial score (nSPS) is 18.2. The van der Waals surface area contributed by atoms with Crippen molar-refractivity contribution in [3.63, 3.8) is 0 Å². The van der Waals surface area contributed by atoms with Crippen LogP contribution < -0.4 is 5.32 Å². The van der Waals surface area contributed by atoms with Gasteiger partial charge in [0.15, 0.2) is 0 Å². The van der Waals surface area contributed by atoms with Gasteiger partial charge in [0, 0.05) is 12.1 Å². The zero-order valence-corrected chi connectivity index (χ0v) is 13.5. The number of hydrogen-bond acceptors (Lipinski definition) is 1. The van der Waals surface area contributed by atoms with E-state index in [9.17, 15) is 0 Å². The van der Waals surface area contributed by atoms with E-state index in [4.69, 9.17) is 0 Å². The Morgan fingerprint density at radius 1 is 1.00 bits per heavy atom. The van der Waals surface area contributed by atoms with E-state index < -0.39 is 0 Å². The minimum atomic E-state index is 0.226. The van der Waals surface area contributed by atoms with Gasteiger partial charge < -0.3 is 5.32 Å². The van der Waals surface area contributed by atoms with Gasteiger partial charge in [0.05, 0.1) is 0 Å². The highest BCUT2D eigenvalue weighted by Crippen LogP contribution is 2.35. The van der Waals surface area contributed by atoms with Crippen molar-refractivity contribution in [1.82, 2.24) is 5.32 Å². The molecular formula is C16H35N. The van der Waals surface area contributed by atoms with Crippen molar-refractivity contribution in [2.75, 3.05) is 6.54 Å². The second-order valence-corrected chi connectivity index (χ2v) is 7.51. The van der Waals surface area contributed by atoms with Gasteiger partial charge in [-0.25, -0.2) is 0 Å². The fourth-order valence-corrected chi connectivity index (χ4v) is 2.37. The molecular weight excluding hydrogens is 206 g/mol. The molecule has 17 heavy (non-hydrogen) atoms. The standard InChI is InChI=1S/C16H35N/c1-9-10-14(4)11-16(8,13(2)3)12-17-15(5,6)7/h13-14,17H,9-12H2,1-8H3. The molecule has 0 heterocycles. The molecule has 0 saturated heterocycles. The quantitative estimate of drug-likeness (QED) is 0.671. The molecule has 1 heteroatoms. The molecule has 0 spiro atoms. The second-order valence-electron chi connectivity index (χ2n) is 7.51. The average Bonchev–Trinajstić information content (AvgIpc) is 2.13. The van der Waals surface area contributed by atoms with Crippen molar-refractivity contribution in [2.24, 2.45) is 17.3 Å². The highest BCUT2D eigenvalue weighted by atomic mass is 15.0. The summed E-state index contributed by atoms with van der Waals surface area (Å²) in [4.78, 5) is 0. The van der Waals surface area contributed by atoms with Crippen LogP contribution in [0.1, 0.15) is 74.7 Å². The Hall–Kier alpha value is -0.0400. The maximum atomic E-state index is 3.69. The first-order valence-corrected chi connectivity index (χ1v) is 7.35. The van der Waals surface area contributed by atoms with E-state index >= 15 is 0 Å². The van der Waals surface area contributed by atoms with Crippen LogP contribution in [0.2, 0.25) is 0 Å². The maximum Gasteiger partial charge on any atom is 0.00967 e. The van der Waals surface area contributed by atoms with Crippen molar-refractivity contribution in [1.29, 1.82) is 0 Å². The molecule has 1 nitrogen and oxygen atoms in total. The molecule has 0 aliphatic carbocycles. The molecule has 104 valence electrons. The van der Waals surface area contributed by atoms with Gasteiger partial charge in [0.2, 0.25) is 0 Å². The lowest BCUT2D eigenvalue weighted by Crippen LogP contribution is -2.45. The Morgan fingerprint density at radius 2 is 1.53 bits per heavy atom. The molecule has 0 aliphatic heterocycles. The Labute approximate surface area is 110 Å². The van der Waals surface area contributed by atoms with Crippen molar-refractivity contribution in [2.45, 2.75) is 80.2 Å². The van der Waals surface area contributed by atoms with Gasteiger partial charge in [-0.15, -0.1) is 0 Å². The first-order valence-electron chi connectivity index (χ1n) is 7.35. The van der Waals surface area contributed by atoms with Crippen LogP contribution in [0, 0.1) is 17.3 Å². The molecule has 0 radical (unpaired) electrons. The molecule has 0 aliphatic rings. The summed E-state index contributed by atoms with van der Waals surface area (Å²) in [5, 5.41) is 3.69. The first-order chi connectivity index (χ1) is 7.60. The minimum absolute atomic E-state index is 0.226. The van der Waals surface area contributed by atoms with E-state index in [1.807, 2.05) is 0 Å². The summed E-state index contributed by atoms with van der Waals surface area (Å²) in [6.45, 7) is 19.8. The average molecular weight is 241 g/mol. The zero-order valence-electron chi connectivity index (χ0n) is 13.5. The van der Waals surface area contributed by atoms with Crippen molar-refractivity contribution in [3.8, 4) is 0 Å². The van der Waals surface area contributed by atoms with Gasteiger partial charge in [-0.1, -0.05) is 47.5 Å². The van der Waals surface area contributed by atoms with Crippen LogP contribution in [0.15, 0.2) is 0 Å². The predicted octanol–water partition coefficient (Wildman–Crippen LogP) is 4.86. The van der Waals surface area contributed by atoms with Gasteiger partial charge in [0.25, 0.3) is 0 Å². The molecule has 2 atom stereocenters. The Balaban J connectivity index is 4.46. The smallest absolute Gasteiger partial charge is 0.00967 e. The summed E-state index contributed by atoms with van der Waals surface area (Å²) in [7, 11) is 0. The molecule has 0 aromatic carbocycles. The van der Waals surface area contributed by atoms with E-state index in [-0.39, 0.29) is 5.54 Å². The molecule has 0 rings (SSSR count). The molecule has 0 fully saturated rings. The molecule has 1 N–H and O–H groups in total. The van der Waals surface area contributed by atoms with Crippen LogP contribution in [0.3, 0.4) is 0 Å². The molecule has 0 amide bonds. The minimum Gasteiger partial charge on any atom is -0.312 e. The first kappa shape index (κ1) is 17.0. The van der Waals surface area contributed by atoms with Crippen LogP contribution in [0.4, 0.5) is 0 Å². The number of nitrogens with one attached hydrogen (secondary N) is 1. The summed E-state index contributed by atoms with van der Waals surface area (Å²) >= 11 is 0. The van der Waals surface area contributed by atoms with E-state index in [1.165, 1.54) is 19.3 Å². The third kappa shape index (κ3) is 7.08. The fourth-order valence-electron chi connectivity index (χ4n) is 2.37. The summed E-state index contributed by atoms with van der Waals surface area (Å²) in [5.74, 6) is 1.57. The van der Waals surface area contributed by atoms with E-state index in [2.05, 4.69) is 60.7 Å². The van der Waals surface area contributed by atoms with Crippen molar-refractivity contribution < 1.29 is 0 Å². The van der Waals surface area contributed by atoms with Crippen LogP contribution in [-0.4, -0.2) is 12.1 Å². The SMILES string of the molecule is CCCC(C)CC(C)(CNC(C)(C)C)C(C)C. The molecule has 0 bridgehead atoms. The second kappa shape index (κ2) is 6.78. The fraction of sp³-hybridized carbons (Fsp3) is 1.00. The lowest BCUT2D eigenvalue weighted by atomic mass is 9.72. The number of rotatable bonds is 7. The Kier molecular flexibility index (Phi) is 6.76. The van der Waals surface area contributed by atoms with Gasteiger partial charge in [0.1, 0.15) is 0 Å². The Bertz CT molecular complexity index is 202. The predicted molar refractivity (Wildman–Crippen MR) is 79.4 cm³/mol. The van der Waals surface area contributed by atoms with Crippen molar-refractivity contribution in [3.05, 3.63) is 0 Å². The van der Waals surface area contributed by atoms with Crippen LogP contribution in [-0.2, 0) is 0 Å². The molecule has 0 saturated carbocycles. The molecule has 0 aromatic rings. The summed E-state index contributed by atoms with van der Waals surface area (Å²) in [6, 6.07) is 0. The molecule has 0 aromatic heterocycles. The van der Waals surface area contributed by atoms with Gasteiger partial charge in [-0.2, -0.15) is 0 Å². The van der Waals surface area contributed by atoms with Gasteiger partial charge in [-0.05, 0) is 44.4 Å². The zero-order chi connectivity index (χ0) is 13.7.